The van der Waals surface area contributed by atoms with Gasteiger partial charge in [-0.3, -0.25) is 0 Å². The highest BCUT2D eigenvalue weighted by Crippen LogP contribution is 2.40. The normalized spacial score (nSPS) is 25.6. The Kier molecular flexibility index (Phi) is 4.28. The Bertz CT molecular complexity index is 484. The molecule has 1 unspecified atom stereocenters. The van der Waals surface area contributed by atoms with Gasteiger partial charge in [-0.05, 0) is 57.4 Å². The zero-order chi connectivity index (χ0) is 15.0. The van der Waals surface area contributed by atoms with Crippen LogP contribution < -0.4 is 10.2 Å². The highest BCUT2D eigenvalue weighted by atomic mass is 32.1. The molecule has 2 aliphatic rings. The number of aromatic nitrogens is 1. The Morgan fingerprint density at radius 3 is 2.62 bits per heavy atom. The Balaban J connectivity index is 1.74. The van der Waals surface area contributed by atoms with Crippen molar-refractivity contribution in [3.63, 3.8) is 0 Å². The van der Waals surface area contributed by atoms with E-state index in [-0.39, 0.29) is 0 Å². The average Bonchev–Trinajstić information content (AvgIpc) is 2.90. The van der Waals surface area contributed by atoms with Gasteiger partial charge in [0.1, 0.15) is 0 Å². The number of fused-ring (bicyclic) bond motifs is 1. The molecule has 0 saturated heterocycles. The molecule has 1 atom stereocenters. The molecule has 0 amide bonds. The summed E-state index contributed by atoms with van der Waals surface area (Å²) < 4.78 is 0. The van der Waals surface area contributed by atoms with E-state index in [0.717, 1.165) is 0 Å². The molecular weight excluding hydrogens is 278 g/mol. The Morgan fingerprint density at radius 2 is 1.95 bits per heavy atom. The average molecular weight is 308 g/mol. The van der Waals surface area contributed by atoms with Gasteiger partial charge in [0.25, 0.3) is 0 Å². The fourth-order valence-electron chi connectivity index (χ4n) is 3.76. The Morgan fingerprint density at radius 1 is 1.24 bits per heavy atom. The first-order chi connectivity index (χ1) is 10.00. The van der Waals surface area contributed by atoms with Crippen molar-refractivity contribution in [2.24, 2.45) is 5.41 Å². The first-order valence-corrected chi connectivity index (χ1v) is 9.21. The van der Waals surface area contributed by atoms with Crippen LogP contribution in [0.2, 0.25) is 0 Å². The highest BCUT2D eigenvalue weighted by Gasteiger charge is 2.31. The molecule has 1 fully saturated rings. The van der Waals surface area contributed by atoms with Crippen molar-refractivity contribution in [3.8, 4) is 0 Å². The van der Waals surface area contributed by atoms with E-state index < -0.39 is 0 Å². The minimum Gasteiger partial charge on any atom is -0.348 e. The minimum atomic E-state index is 0.470. The number of thiazole rings is 1. The van der Waals surface area contributed by atoms with E-state index in [9.17, 15) is 0 Å². The maximum Gasteiger partial charge on any atom is 0.185 e. The summed E-state index contributed by atoms with van der Waals surface area (Å²) >= 11 is 1.93. The fraction of sp³-hybridized carbons (Fsp3) is 0.824. The van der Waals surface area contributed by atoms with Gasteiger partial charge in [-0.15, -0.1) is 11.3 Å². The molecule has 4 heteroatoms. The lowest BCUT2D eigenvalue weighted by Gasteiger charge is -2.38. The van der Waals surface area contributed by atoms with E-state index in [4.69, 9.17) is 4.98 Å². The van der Waals surface area contributed by atoms with Gasteiger partial charge in [0.2, 0.25) is 0 Å². The summed E-state index contributed by atoms with van der Waals surface area (Å²) in [7, 11) is 4.31. The monoisotopic (exact) mass is 307 g/mol. The predicted octanol–water partition coefficient (Wildman–Crippen LogP) is 4.14. The molecular formula is C17H29N3S. The lowest BCUT2D eigenvalue weighted by Crippen LogP contribution is -2.37. The third-order valence-electron chi connectivity index (χ3n) is 5.45. The van der Waals surface area contributed by atoms with Crippen LogP contribution in [0.3, 0.4) is 0 Å². The van der Waals surface area contributed by atoms with Crippen molar-refractivity contribution in [3.05, 3.63) is 10.6 Å². The number of nitrogens with zero attached hydrogens (tertiary/aromatic N) is 2. The van der Waals surface area contributed by atoms with Crippen molar-refractivity contribution in [2.75, 3.05) is 19.0 Å². The van der Waals surface area contributed by atoms with Gasteiger partial charge in [0.05, 0.1) is 11.7 Å². The third-order valence-corrected chi connectivity index (χ3v) is 6.67. The second-order valence-corrected chi connectivity index (χ2v) is 8.61. The zero-order valence-electron chi connectivity index (χ0n) is 13.9. The number of aryl methyl sites for hydroxylation is 1. The van der Waals surface area contributed by atoms with Gasteiger partial charge in [0, 0.05) is 18.0 Å². The summed E-state index contributed by atoms with van der Waals surface area (Å²) in [4.78, 5) is 8.97. The molecule has 0 bridgehead atoms. The van der Waals surface area contributed by atoms with Crippen molar-refractivity contribution < 1.29 is 0 Å². The van der Waals surface area contributed by atoms with Gasteiger partial charge < -0.3 is 10.2 Å². The maximum absolute atomic E-state index is 5.00. The van der Waals surface area contributed by atoms with Gasteiger partial charge in [-0.2, -0.15) is 0 Å². The first-order valence-electron chi connectivity index (χ1n) is 8.40. The Hall–Kier alpha value is -0.610. The summed E-state index contributed by atoms with van der Waals surface area (Å²) in [5, 5.41) is 4.67. The summed E-state index contributed by atoms with van der Waals surface area (Å²) in [6.45, 7) is 4.81. The van der Waals surface area contributed by atoms with Crippen molar-refractivity contribution in [1.82, 2.24) is 10.3 Å². The number of hydrogen-bond acceptors (Lipinski definition) is 4. The topological polar surface area (TPSA) is 28.2 Å². The van der Waals surface area contributed by atoms with Crippen LogP contribution in [0.1, 0.15) is 69.0 Å². The second-order valence-electron chi connectivity index (χ2n) is 7.54. The first kappa shape index (κ1) is 15.3. The van der Waals surface area contributed by atoms with Crippen molar-refractivity contribution in [1.29, 1.82) is 0 Å². The SMILES string of the molecule is CNC1CCCc2sc(N(C)C3CCC(C)(C)CC3)nc21. The standard InChI is InChI=1S/C17H29N3S/c1-17(2)10-8-12(9-11-17)20(4)16-19-15-13(18-3)6-5-7-14(15)21-16/h12-13,18H,5-11H2,1-4H3. The zero-order valence-corrected chi connectivity index (χ0v) is 14.7. The summed E-state index contributed by atoms with van der Waals surface area (Å²) in [6, 6.07) is 1.15. The molecule has 0 aromatic carbocycles. The van der Waals surface area contributed by atoms with E-state index in [2.05, 4.69) is 38.2 Å². The predicted molar refractivity (Wildman–Crippen MR) is 91.3 cm³/mol. The van der Waals surface area contributed by atoms with Crippen LogP contribution in [0.4, 0.5) is 5.13 Å². The highest BCUT2D eigenvalue weighted by molar-refractivity contribution is 7.15. The van der Waals surface area contributed by atoms with Crippen LogP contribution in [0, 0.1) is 5.41 Å². The smallest absolute Gasteiger partial charge is 0.185 e. The second kappa shape index (κ2) is 5.88. The molecule has 0 spiro atoms. The maximum atomic E-state index is 5.00. The molecule has 1 aromatic rings. The third kappa shape index (κ3) is 3.11. The van der Waals surface area contributed by atoms with Crippen LogP contribution >= 0.6 is 11.3 Å². The molecule has 1 aromatic heterocycles. The van der Waals surface area contributed by atoms with E-state index >= 15 is 0 Å². The molecule has 3 nitrogen and oxygen atoms in total. The van der Waals surface area contributed by atoms with Crippen LogP contribution in [-0.2, 0) is 6.42 Å². The van der Waals surface area contributed by atoms with Crippen LogP contribution in [0.15, 0.2) is 0 Å². The summed E-state index contributed by atoms with van der Waals surface area (Å²) in [6.07, 6.45) is 9.04. The van der Waals surface area contributed by atoms with E-state index in [1.54, 1.807) is 0 Å². The van der Waals surface area contributed by atoms with Gasteiger partial charge in [-0.1, -0.05) is 13.8 Å². The molecule has 3 rings (SSSR count). The van der Waals surface area contributed by atoms with Crippen LogP contribution in [0.25, 0.3) is 0 Å². The molecule has 2 aliphatic carbocycles. The minimum absolute atomic E-state index is 0.470. The van der Waals surface area contributed by atoms with Crippen LogP contribution in [0.5, 0.6) is 0 Å². The fourth-order valence-corrected chi connectivity index (χ4v) is 4.96. The molecule has 1 heterocycles. The molecule has 0 radical (unpaired) electrons. The molecule has 21 heavy (non-hydrogen) atoms. The summed E-state index contributed by atoms with van der Waals surface area (Å²) in [5.41, 5.74) is 1.86. The lowest BCUT2D eigenvalue weighted by molar-refractivity contribution is 0.222. The van der Waals surface area contributed by atoms with E-state index in [1.165, 1.54) is 60.6 Å². The van der Waals surface area contributed by atoms with E-state index in [1.807, 2.05) is 11.3 Å². The van der Waals surface area contributed by atoms with Crippen molar-refractivity contribution >= 4 is 16.5 Å². The molecule has 1 saturated carbocycles. The quantitative estimate of drug-likeness (QED) is 0.909. The number of nitrogens with one attached hydrogen (secondary N) is 1. The Labute approximate surface area is 133 Å². The lowest BCUT2D eigenvalue weighted by atomic mass is 9.75. The molecule has 0 aliphatic heterocycles. The van der Waals surface area contributed by atoms with Crippen molar-refractivity contribution in [2.45, 2.75) is 70.9 Å². The largest absolute Gasteiger partial charge is 0.348 e. The number of rotatable bonds is 3. The molecule has 118 valence electrons. The van der Waals surface area contributed by atoms with E-state index in [0.29, 0.717) is 17.5 Å². The molecule has 1 N–H and O–H groups in total. The number of anilines is 1. The van der Waals surface area contributed by atoms with Gasteiger partial charge >= 0.3 is 0 Å². The van der Waals surface area contributed by atoms with Gasteiger partial charge in [-0.25, -0.2) is 4.98 Å². The van der Waals surface area contributed by atoms with Crippen LogP contribution in [-0.4, -0.2) is 25.1 Å². The van der Waals surface area contributed by atoms with Gasteiger partial charge in [0.15, 0.2) is 5.13 Å². The number of hydrogen-bond donors (Lipinski definition) is 1. The summed E-state index contributed by atoms with van der Waals surface area (Å²) in [5.74, 6) is 0.